The van der Waals surface area contributed by atoms with Gasteiger partial charge in [0.05, 0.1) is 0 Å². The van der Waals surface area contributed by atoms with Crippen LogP contribution in [0, 0.1) is 5.92 Å². The number of unbranched alkanes of at least 4 members (excludes halogenated alkanes) is 2. The van der Waals surface area contributed by atoms with Gasteiger partial charge in [-0.05, 0) is 25.2 Å². The van der Waals surface area contributed by atoms with E-state index in [1.165, 1.54) is 51.4 Å². The van der Waals surface area contributed by atoms with Crippen molar-refractivity contribution in [3.8, 4) is 0 Å². The van der Waals surface area contributed by atoms with Gasteiger partial charge in [-0.1, -0.05) is 55.0 Å². The fourth-order valence-electron chi connectivity index (χ4n) is 2.14. The van der Waals surface area contributed by atoms with E-state index in [9.17, 15) is 0 Å². The second-order valence-electron chi connectivity index (χ2n) is 4.06. The summed E-state index contributed by atoms with van der Waals surface area (Å²) in [6, 6.07) is 0. The lowest BCUT2D eigenvalue weighted by molar-refractivity contribution is 0.488. The van der Waals surface area contributed by atoms with E-state index in [1.807, 2.05) is 0 Å². The molecule has 0 heterocycles. The van der Waals surface area contributed by atoms with Crippen LogP contribution in [-0.2, 0) is 0 Å². The van der Waals surface area contributed by atoms with Crippen molar-refractivity contribution < 1.29 is 0 Å². The lowest BCUT2D eigenvalue weighted by atomic mass is 9.99. The Morgan fingerprint density at radius 3 is 2.50 bits per heavy atom. The molecule has 12 heavy (non-hydrogen) atoms. The highest BCUT2D eigenvalue weighted by Gasteiger charge is 2.21. The Bertz CT molecular complexity index is 106. The molecule has 1 atom stereocenters. The molecule has 1 unspecified atom stereocenters. The van der Waals surface area contributed by atoms with Crippen LogP contribution in [0.2, 0.25) is 0 Å². The van der Waals surface area contributed by atoms with E-state index >= 15 is 0 Å². The zero-order chi connectivity index (χ0) is 8.81. The first-order chi connectivity index (χ1) is 5.84. The minimum absolute atomic E-state index is 0.826. The summed E-state index contributed by atoms with van der Waals surface area (Å²) in [7, 11) is 0. The Morgan fingerprint density at radius 2 is 1.92 bits per heavy atom. The summed E-state index contributed by atoms with van der Waals surface area (Å²) in [4.78, 5) is 0.826. The van der Waals surface area contributed by atoms with E-state index in [0.717, 1.165) is 10.7 Å². The van der Waals surface area contributed by atoms with Gasteiger partial charge in [-0.3, -0.25) is 0 Å². The van der Waals surface area contributed by atoms with E-state index < -0.39 is 0 Å². The maximum atomic E-state index is 3.83. The van der Waals surface area contributed by atoms with Crippen molar-refractivity contribution in [1.82, 2.24) is 0 Å². The van der Waals surface area contributed by atoms with Gasteiger partial charge >= 0.3 is 0 Å². The summed E-state index contributed by atoms with van der Waals surface area (Å²) < 4.78 is 0. The molecule has 0 bridgehead atoms. The van der Waals surface area contributed by atoms with Gasteiger partial charge in [0, 0.05) is 4.83 Å². The molecule has 1 saturated carbocycles. The highest BCUT2D eigenvalue weighted by molar-refractivity contribution is 9.09. The molecular weight excluding hydrogens is 212 g/mol. The quantitative estimate of drug-likeness (QED) is 0.483. The van der Waals surface area contributed by atoms with Gasteiger partial charge in [-0.2, -0.15) is 0 Å². The molecule has 1 aliphatic rings. The largest absolute Gasteiger partial charge is 0.0888 e. The van der Waals surface area contributed by atoms with E-state index in [0.29, 0.717) is 0 Å². The zero-order valence-corrected chi connectivity index (χ0v) is 9.78. The van der Waals surface area contributed by atoms with Gasteiger partial charge in [-0.25, -0.2) is 0 Å². The fraction of sp³-hybridized carbons (Fsp3) is 1.00. The van der Waals surface area contributed by atoms with E-state index in [2.05, 4.69) is 22.9 Å². The number of alkyl halides is 1. The Labute approximate surface area is 85.3 Å². The van der Waals surface area contributed by atoms with Gasteiger partial charge in [0.25, 0.3) is 0 Å². The monoisotopic (exact) mass is 232 g/mol. The molecule has 0 aromatic carbocycles. The third-order valence-corrected chi connectivity index (χ3v) is 4.20. The number of hydrogen-bond acceptors (Lipinski definition) is 0. The third kappa shape index (κ3) is 3.47. The molecular formula is C11H21Br. The Balaban J connectivity index is 2.05. The van der Waals surface area contributed by atoms with Crippen molar-refractivity contribution in [3.05, 3.63) is 0 Å². The Hall–Kier alpha value is 0.480. The standard InChI is InChI=1S/C11H21Br/c1-2-3-4-9-11(12)10-7-5-6-8-10/h10-11H,2-9H2,1H3. The van der Waals surface area contributed by atoms with Crippen LogP contribution in [0.15, 0.2) is 0 Å². The van der Waals surface area contributed by atoms with Gasteiger partial charge < -0.3 is 0 Å². The summed E-state index contributed by atoms with van der Waals surface area (Å²) >= 11 is 3.83. The van der Waals surface area contributed by atoms with Crippen molar-refractivity contribution in [2.24, 2.45) is 5.92 Å². The molecule has 1 fully saturated rings. The smallest absolute Gasteiger partial charge is 0.0174 e. The van der Waals surface area contributed by atoms with Crippen molar-refractivity contribution in [2.45, 2.75) is 63.1 Å². The molecule has 0 aliphatic heterocycles. The fourth-order valence-corrected chi connectivity index (χ4v) is 3.00. The first-order valence-electron chi connectivity index (χ1n) is 5.48. The second-order valence-corrected chi connectivity index (χ2v) is 5.23. The van der Waals surface area contributed by atoms with Crippen molar-refractivity contribution in [2.75, 3.05) is 0 Å². The lowest BCUT2D eigenvalue weighted by Gasteiger charge is -2.16. The Morgan fingerprint density at radius 1 is 1.25 bits per heavy atom. The maximum absolute atomic E-state index is 3.83. The molecule has 0 spiro atoms. The first kappa shape index (κ1) is 10.6. The van der Waals surface area contributed by atoms with Gasteiger partial charge in [0.1, 0.15) is 0 Å². The average Bonchev–Trinajstić information content (AvgIpc) is 2.56. The summed E-state index contributed by atoms with van der Waals surface area (Å²) in [5, 5.41) is 0. The van der Waals surface area contributed by atoms with Crippen molar-refractivity contribution in [3.63, 3.8) is 0 Å². The summed E-state index contributed by atoms with van der Waals surface area (Å²) in [5.74, 6) is 1.00. The third-order valence-electron chi connectivity index (χ3n) is 2.99. The molecule has 0 aromatic rings. The van der Waals surface area contributed by atoms with Crippen LogP contribution < -0.4 is 0 Å². The predicted octanol–water partition coefficient (Wildman–Crippen LogP) is 4.52. The zero-order valence-electron chi connectivity index (χ0n) is 8.19. The molecule has 0 aromatic heterocycles. The molecule has 1 rings (SSSR count). The highest BCUT2D eigenvalue weighted by Crippen LogP contribution is 2.33. The molecule has 1 aliphatic carbocycles. The van der Waals surface area contributed by atoms with Crippen LogP contribution in [0.1, 0.15) is 58.3 Å². The molecule has 0 saturated heterocycles. The van der Waals surface area contributed by atoms with Gasteiger partial charge in [0.15, 0.2) is 0 Å². The summed E-state index contributed by atoms with van der Waals surface area (Å²) in [5.41, 5.74) is 0. The Kier molecular flexibility index (Phi) is 5.29. The number of rotatable bonds is 5. The summed E-state index contributed by atoms with van der Waals surface area (Å²) in [6.45, 7) is 2.28. The van der Waals surface area contributed by atoms with E-state index in [4.69, 9.17) is 0 Å². The van der Waals surface area contributed by atoms with Crippen molar-refractivity contribution in [1.29, 1.82) is 0 Å². The lowest BCUT2D eigenvalue weighted by Crippen LogP contribution is -2.10. The van der Waals surface area contributed by atoms with E-state index in [1.54, 1.807) is 0 Å². The van der Waals surface area contributed by atoms with Crippen LogP contribution in [0.3, 0.4) is 0 Å². The summed E-state index contributed by atoms with van der Waals surface area (Å²) in [6.07, 6.45) is 11.5. The predicted molar refractivity (Wildman–Crippen MR) is 58.8 cm³/mol. The molecule has 1 heteroatoms. The number of hydrogen-bond donors (Lipinski definition) is 0. The van der Waals surface area contributed by atoms with Crippen molar-refractivity contribution >= 4 is 15.9 Å². The SMILES string of the molecule is CCCCCC(Br)C1CCCC1. The average molecular weight is 233 g/mol. The molecule has 0 N–H and O–H groups in total. The van der Waals surface area contributed by atoms with Crippen LogP contribution in [0.25, 0.3) is 0 Å². The van der Waals surface area contributed by atoms with Crippen LogP contribution in [-0.4, -0.2) is 4.83 Å². The van der Waals surface area contributed by atoms with Crippen LogP contribution in [0.5, 0.6) is 0 Å². The van der Waals surface area contributed by atoms with Gasteiger partial charge in [-0.15, -0.1) is 0 Å². The van der Waals surface area contributed by atoms with Gasteiger partial charge in [0.2, 0.25) is 0 Å². The maximum Gasteiger partial charge on any atom is 0.0174 e. The van der Waals surface area contributed by atoms with Crippen LogP contribution >= 0.6 is 15.9 Å². The highest BCUT2D eigenvalue weighted by atomic mass is 79.9. The molecule has 0 nitrogen and oxygen atoms in total. The molecule has 0 amide bonds. The van der Waals surface area contributed by atoms with Crippen LogP contribution in [0.4, 0.5) is 0 Å². The second kappa shape index (κ2) is 6.01. The normalized spacial score (nSPS) is 21.5. The van der Waals surface area contributed by atoms with E-state index in [-0.39, 0.29) is 0 Å². The first-order valence-corrected chi connectivity index (χ1v) is 6.40. The molecule has 72 valence electrons. The number of halogens is 1. The minimum atomic E-state index is 0.826. The minimum Gasteiger partial charge on any atom is -0.0888 e. The topological polar surface area (TPSA) is 0 Å². The molecule has 0 radical (unpaired) electrons.